The van der Waals surface area contributed by atoms with Gasteiger partial charge in [0.15, 0.2) is 12.4 Å². The summed E-state index contributed by atoms with van der Waals surface area (Å²) in [6.07, 6.45) is -0.0758. The van der Waals surface area contributed by atoms with Gasteiger partial charge in [0.2, 0.25) is 5.91 Å². The molecule has 2 aliphatic heterocycles. The van der Waals surface area contributed by atoms with Crippen LogP contribution >= 0.6 is 8.53 Å². The lowest BCUT2D eigenvalue weighted by molar-refractivity contribution is -0.114. The molecule has 3 aliphatic rings. The van der Waals surface area contributed by atoms with Gasteiger partial charge < -0.3 is 33.3 Å². The van der Waals surface area contributed by atoms with E-state index in [2.05, 4.69) is 21.9 Å². The Hall–Kier alpha value is -4.23. The van der Waals surface area contributed by atoms with E-state index in [0.29, 0.717) is 11.5 Å². The highest BCUT2D eigenvalue weighted by atomic mass is 31.2. The summed E-state index contributed by atoms with van der Waals surface area (Å²) in [5, 5.41) is 2.49. The molecule has 0 radical (unpaired) electrons. The second-order valence-electron chi connectivity index (χ2n) is 14.1. The zero-order valence-electron chi connectivity index (χ0n) is 31.0. The average Bonchev–Trinajstić information content (AvgIpc) is 3.63. The summed E-state index contributed by atoms with van der Waals surface area (Å²) in [7, 11) is 3.49. The monoisotopic (exact) mass is 760 g/mol. The molecule has 0 spiro atoms. The number of hydrogen-bond donors (Lipinski definition) is 1. The van der Waals surface area contributed by atoms with Crippen LogP contribution in [0.5, 0.6) is 11.5 Å². The van der Waals surface area contributed by atoms with Gasteiger partial charge in [0.05, 0.1) is 26.4 Å². The highest BCUT2D eigenvalue weighted by Crippen LogP contribution is 2.61. The third-order valence-electron chi connectivity index (χ3n) is 10.6. The molecule has 54 heavy (non-hydrogen) atoms. The maximum Gasteiger partial charge on any atom is 0.351 e. The van der Waals surface area contributed by atoms with Gasteiger partial charge in [-0.05, 0) is 73.8 Å². The van der Waals surface area contributed by atoms with Gasteiger partial charge in [0.1, 0.15) is 35.1 Å². The van der Waals surface area contributed by atoms with Gasteiger partial charge in [0.25, 0.3) is 8.53 Å². The van der Waals surface area contributed by atoms with Gasteiger partial charge in [-0.15, -0.1) is 0 Å². The number of rotatable bonds is 12. The number of likely N-dealkylation sites (N-methyl/N-ethyl adjacent to an activating group) is 1. The van der Waals surface area contributed by atoms with Crippen LogP contribution in [0.25, 0.3) is 0 Å². The zero-order valence-corrected chi connectivity index (χ0v) is 31.9. The molecule has 1 N–H and O–H groups in total. The topological polar surface area (TPSA) is 123 Å². The van der Waals surface area contributed by atoms with Crippen LogP contribution in [0.2, 0.25) is 0 Å². The normalized spacial score (nSPS) is 27.0. The minimum atomic E-state index is -1.81. The van der Waals surface area contributed by atoms with Crippen molar-refractivity contribution < 1.29 is 37.2 Å². The van der Waals surface area contributed by atoms with Crippen molar-refractivity contribution in [2.75, 3.05) is 33.2 Å². The van der Waals surface area contributed by atoms with E-state index >= 15 is 4.39 Å². The van der Waals surface area contributed by atoms with Crippen molar-refractivity contribution in [3.63, 3.8) is 0 Å². The first kappa shape index (κ1) is 38.1. The number of halogens is 1. The summed E-state index contributed by atoms with van der Waals surface area (Å²) >= 11 is 0. The molecule has 3 fully saturated rings. The Morgan fingerprint density at radius 3 is 2.19 bits per heavy atom. The largest absolute Gasteiger partial charge is 0.497 e. The first-order valence-electron chi connectivity index (χ1n) is 18.1. The summed E-state index contributed by atoms with van der Waals surface area (Å²) in [6, 6.07) is 26.5. The van der Waals surface area contributed by atoms with Gasteiger partial charge in [-0.25, -0.2) is 13.9 Å². The van der Waals surface area contributed by atoms with Crippen LogP contribution in [-0.4, -0.2) is 78.0 Å². The standard InChI is InChI=1S/C40H46FN4O8P/c1-26(46)42-34-22-24-45(38(47)43-34)37-35(41)36(52-54-44(3)33-13-9-10-23-39(33,2)53-54)32(51-37)25-50-40(27-11-7-6-8-12-27,28-14-18-30(48-4)19-15-28)29-16-20-31(49-5)21-17-29/h6-8,11-12,14-22,24,32-33,35-37H,9-10,13,23,25H2,1-5H3,(H,42,43,46,47)/t32-,33+,35-,36-,37-,39+,54-/m1/s1. The molecule has 286 valence electrons. The predicted octanol–water partition coefficient (Wildman–Crippen LogP) is 6.74. The number of aromatic nitrogens is 2. The van der Waals surface area contributed by atoms with E-state index in [1.54, 1.807) is 14.2 Å². The number of ether oxygens (including phenoxy) is 4. The van der Waals surface area contributed by atoms with E-state index in [0.717, 1.165) is 46.9 Å². The smallest absolute Gasteiger partial charge is 0.351 e. The summed E-state index contributed by atoms with van der Waals surface area (Å²) in [6.45, 7) is 3.26. The highest BCUT2D eigenvalue weighted by molar-refractivity contribution is 7.45. The number of fused-ring (bicyclic) bond motifs is 1. The molecule has 4 aromatic rings. The molecule has 0 unspecified atom stereocenters. The van der Waals surface area contributed by atoms with Crippen molar-refractivity contribution in [1.29, 1.82) is 0 Å². The number of benzene rings is 3. The molecular weight excluding hydrogens is 714 g/mol. The molecule has 1 amide bonds. The minimum absolute atomic E-state index is 0.0525. The fraction of sp³-hybridized carbons (Fsp3) is 0.425. The lowest BCUT2D eigenvalue weighted by Crippen LogP contribution is -2.43. The van der Waals surface area contributed by atoms with Crippen LogP contribution in [0.3, 0.4) is 0 Å². The number of methoxy groups -OCH3 is 2. The molecule has 0 bridgehead atoms. The fourth-order valence-electron chi connectivity index (χ4n) is 7.85. The number of anilines is 1. The van der Waals surface area contributed by atoms with Crippen LogP contribution in [0, 0.1) is 0 Å². The molecule has 1 aromatic heterocycles. The molecule has 1 aliphatic carbocycles. The molecule has 12 nitrogen and oxygen atoms in total. The summed E-state index contributed by atoms with van der Waals surface area (Å²) in [5.41, 5.74) is -0.0256. The number of nitrogens with one attached hydrogen (secondary N) is 1. The van der Waals surface area contributed by atoms with Gasteiger partial charge in [-0.3, -0.25) is 9.36 Å². The van der Waals surface area contributed by atoms with Crippen molar-refractivity contribution in [1.82, 2.24) is 14.2 Å². The first-order chi connectivity index (χ1) is 26.1. The van der Waals surface area contributed by atoms with Gasteiger partial charge in [-0.2, -0.15) is 4.98 Å². The Morgan fingerprint density at radius 1 is 0.981 bits per heavy atom. The van der Waals surface area contributed by atoms with Crippen LogP contribution in [0.4, 0.5) is 10.2 Å². The lowest BCUT2D eigenvalue weighted by Gasteiger charge is -2.37. The third kappa shape index (κ3) is 7.28. The number of nitrogens with zero attached hydrogens (tertiary/aromatic N) is 3. The Bertz CT molecular complexity index is 1920. The van der Waals surface area contributed by atoms with E-state index in [-0.39, 0.29) is 18.5 Å². The summed E-state index contributed by atoms with van der Waals surface area (Å²) in [4.78, 5) is 28.9. The molecule has 2 saturated heterocycles. The Kier molecular flexibility index (Phi) is 11.2. The van der Waals surface area contributed by atoms with Gasteiger partial charge in [-0.1, -0.05) is 67.4 Å². The number of alkyl halides is 1. The van der Waals surface area contributed by atoms with Crippen molar-refractivity contribution in [3.8, 4) is 11.5 Å². The SMILES string of the molecule is COc1ccc(C(OC[C@H]2O[C@@H](n3ccc(NC(C)=O)nc3=O)[C@H](F)[C@@H]2O[P@]2O[C@@]3(C)CCCC[C@@H]3N2C)(c2ccccc2)c2ccc(OC)cc2)cc1. The summed E-state index contributed by atoms with van der Waals surface area (Å²) in [5.74, 6) is 1.01. The Balaban J connectivity index is 1.28. The second-order valence-corrected chi connectivity index (χ2v) is 15.6. The van der Waals surface area contributed by atoms with Gasteiger partial charge >= 0.3 is 5.69 Å². The lowest BCUT2D eigenvalue weighted by atomic mass is 9.80. The van der Waals surface area contributed by atoms with Crippen molar-refractivity contribution in [2.24, 2.45) is 0 Å². The summed E-state index contributed by atoms with van der Waals surface area (Å²) < 4.78 is 58.0. The van der Waals surface area contributed by atoms with E-state index in [9.17, 15) is 9.59 Å². The number of amides is 1. The van der Waals surface area contributed by atoms with Crippen molar-refractivity contribution in [3.05, 3.63) is 118 Å². The molecule has 3 aromatic carbocycles. The van der Waals surface area contributed by atoms with E-state index in [1.165, 1.54) is 19.2 Å². The number of carbonyl (C=O) groups excluding carboxylic acids is 1. The highest BCUT2D eigenvalue weighted by Gasteiger charge is 2.56. The van der Waals surface area contributed by atoms with Gasteiger partial charge in [0, 0.05) is 19.2 Å². The maximum absolute atomic E-state index is 17.0. The van der Waals surface area contributed by atoms with Crippen LogP contribution < -0.4 is 20.5 Å². The zero-order chi connectivity index (χ0) is 38.0. The van der Waals surface area contributed by atoms with E-state index < -0.39 is 55.9 Å². The Morgan fingerprint density at radius 2 is 1.61 bits per heavy atom. The van der Waals surface area contributed by atoms with Crippen LogP contribution in [0.15, 0.2) is 95.9 Å². The Labute approximate surface area is 315 Å². The first-order valence-corrected chi connectivity index (χ1v) is 19.2. The van der Waals surface area contributed by atoms with E-state index in [4.69, 9.17) is 28.0 Å². The average molecular weight is 761 g/mol. The third-order valence-corrected chi connectivity index (χ3v) is 12.4. The van der Waals surface area contributed by atoms with Crippen LogP contribution in [-0.2, 0) is 28.9 Å². The predicted molar refractivity (Wildman–Crippen MR) is 201 cm³/mol. The minimum Gasteiger partial charge on any atom is -0.497 e. The molecular formula is C40H46FN4O8P. The molecule has 1 saturated carbocycles. The second kappa shape index (κ2) is 15.9. The molecule has 7 rings (SSSR count). The van der Waals surface area contributed by atoms with Crippen LogP contribution in [0.1, 0.15) is 62.4 Å². The molecule has 3 heterocycles. The van der Waals surface area contributed by atoms with Crippen molar-refractivity contribution >= 4 is 20.3 Å². The molecule has 7 atom stereocenters. The maximum atomic E-state index is 17.0. The molecule has 14 heteroatoms. The number of hydrogen-bond acceptors (Lipinski definition) is 10. The quantitative estimate of drug-likeness (QED) is 0.123. The number of carbonyl (C=O) groups is 1. The fourth-order valence-corrected chi connectivity index (χ4v) is 9.78. The van der Waals surface area contributed by atoms with Crippen molar-refractivity contribution in [2.45, 2.75) is 81.4 Å². The van der Waals surface area contributed by atoms with E-state index in [1.807, 2.05) is 85.9 Å².